The molecule has 1 aliphatic heterocycles. The summed E-state index contributed by atoms with van der Waals surface area (Å²) in [7, 11) is 0. The average molecular weight is 276 g/mol. The van der Waals surface area contributed by atoms with Crippen LogP contribution in [0.15, 0.2) is 18.2 Å². The van der Waals surface area contributed by atoms with Gasteiger partial charge in [-0.15, -0.1) is 0 Å². The van der Waals surface area contributed by atoms with Crippen LogP contribution in [-0.4, -0.2) is 18.6 Å². The highest BCUT2D eigenvalue weighted by atomic mass is 16.5. The molecule has 1 aromatic carbocycles. The van der Waals surface area contributed by atoms with Gasteiger partial charge in [-0.3, -0.25) is 4.79 Å². The lowest BCUT2D eigenvalue weighted by Gasteiger charge is -2.34. The normalized spacial score (nSPS) is 18.1. The molecule has 0 aromatic heterocycles. The van der Waals surface area contributed by atoms with Crippen LogP contribution in [0.2, 0.25) is 0 Å². The van der Waals surface area contributed by atoms with Crippen molar-refractivity contribution in [3.05, 3.63) is 23.8 Å². The summed E-state index contributed by atoms with van der Waals surface area (Å²) in [4.78, 5) is 14.3. The summed E-state index contributed by atoms with van der Waals surface area (Å²) >= 11 is 0. The first-order valence-corrected chi connectivity index (χ1v) is 7.37. The molecule has 1 atom stereocenters. The van der Waals surface area contributed by atoms with E-state index < -0.39 is 0 Å². The zero-order valence-corrected chi connectivity index (χ0v) is 12.6. The predicted molar refractivity (Wildman–Crippen MR) is 80.8 cm³/mol. The number of fused-ring (bicyclic) bond motifs is 1. The van der Waals surface area contributed by atoms with E-state index in [1.807, 2.05) is 30.0 Å². The molecule has 0 saturated heterocycles. The van der Waals surface area contributed by atoms with Crippen LogP contribution < -0.4 is 15.4 Å². The molecule has 110 valence electrons. The van der Waals surface area contributed by atoms with Gasteiger partial charge in [-0.05, 0) is 36.5 Å². The Bertz CT molecular complexity index is 485. The summed E-state index contributed by atoms with van der Waals surface area (Å²) in [5.74, 6) is 1.42. The Morgan fingerprint density at radius 3 is 2.75 bits per heavy atom. The van der Waals surface area contributed by atoms with Crippen LogP contribution in [-0.2, 0) is 11.3 Å². The van der Waals surface area contributed by atoms with Crippen LogP contribution in [0.4, 0.5) is 5.69 Å². The fourth-order valence-electron chi connectivity index (χ4n) is 2.37. The molecule has 1 aromatic rings. The molecule has 2 N–H and O–H groups in total. The number of benzene rings is 1. The third kappa shape index (κ3) is 2.96. The maximum Gasteiger partial charge on any atom is 0.268 e. The van der Waals surface area contributed by atoms with Crippen LogP contribution in [0.1, 0.15) is 39.2 Å². The number of nitrogens with zero attached hydrogens (tertiary/aromatic N) is 1. The summed E-state index contributed by atoms with van der Waals surface area (Å²) in [6.07, 6.45) is 1.30. The molecular weight excluding hydrogens is 252 g/mol. The maximum atomic E-state index is 12.5. The van der Waals surface area contributed by atoms with E-state index in [0.29, 0.717) is 18.9 Å². The van der Waals surface area contributed by atoms with E-state index in [0.717, 1.165) is 30.0 Å². The van der Waals surface area contributed by atoms with Crippen LogP contribution in [0, 0.1) is 5.92 Å². The van der Waals surface area contributed by atoms with Gasteiger partial charge in [0.05, 0.1) is 5.69 Å². The van der Waals surface area contributed by atoms with Crippen molar-refractivity contribution in [1.29, 1.82) is 0 Å². The van der Waals surface area contributed by atoms with E-state index in [4.69, 9.17) is 10.5 Å². The zero-order chi connectivity index (χ0) is 14.7. The molecule has 0 spiro atoms. The Morgan fingerprint density at radius 2 is 2.15 bits per heavy atom. The first-order valence-electron chi connectivity index (χ1n) is 7.37. The number of hydrogen-bond acceptors (Lipinski definition) is 3. The van der Waals surface area contributed by atoms with Gasteiger partial charge in [0.25, 0.3) is 5.91 Å². The number of carbonyl (C=O) groups excluding carboxylic acids is 1. The van der Waals surface area contributed by atoms with Crippen LogP contribution in [0.25, 0.3) is 0 Å². The van der Waals surface area contributed by atoms with Gasteiger partial charge in [0.1, 0.15) is 5.75 Å². The van der Waals surface area contributed by atoms with Crippen molar-refractivity contribution in [3.8, 4) is 5.75 Å². The van der Waals surface area contributed by atoms with Gasteiger partial charge in [-0.1, -0.05) is 26.8 Å². The van der Waals surface area contributed by atoms with Gasteiger partial charge in [0.2, 0.25) is 0 Å². The molecule has 1 aliphatic rings. The molecule has 1 heterocycles. The highest BCUT2D eigenvalue weighted by Gasteiger charge is 2.33. The largest absolute Gasteiger partial charge is 0.478 e. The van der Waals surface area contributed by atoms with Crippen molar-refractivity contribution >= 4 is 11.6 Å². The van der Waals surface area contributed by atoms with E-state index in [1.165, 1.54) is 0 Å². The summed E-state index contributed by atoms with van der Waals surface area (Å²) < 4.78 is 5.83. The summed E-state index contributed by atoms with van der Waals surface area (Å²) in [5.41, 5.74) is 7.57. The number of nitrogens with two attached hydrogens (primary N) is 1. The zero-order valence-electron chi connectivity index (χ0n) is 12.6. The van der Waals surface area contributed by atoms with Gasteiger partial charge < -0.3 is 15.4 Å². The molecular formula is C16H24N2O2. The summed E-state index contributed by atoms with van der Waals surface area (Å²) in [5, 5.41) is 0. The number of rotatable bonds is 5. The molecule has 2 rings (SSSR count). The second kappa shape index (κ2) is 6.27. The first-order chi connectivity index (χ1) is 9.56. The van der Waals surface area contributed by atoms with Gasteiger partial charge in [-0.25, -0.2) is 0 Å². The number of hydrogen-bond donors (Lipinski definition) is 1. The van der Waals surface area contributed by atoms with Crippen molar-refractivity contribution in [2.75, 3.05) is 11.4 Å². The number of carbonyl (C=O) groups is 1. The highest BCUT2D eigenvalue weighted by Crippen LogP contribution is 2.35. The minimum absolute atomic E-state index is 0.0705. The van der Waals surface area contributed by atoms with Crippen LogP contribution in [0.3, 0.4) is 0 Å². The lowest BCUT2D eigenvalue weighted by molar-refractivity contribution is -0.126. The van der Waals surface area contributed by atoms with E-state index in [1.54, 1.807) is 0 Å². The third-order valence-electron chi connectivity index (χ3n) is 3.66. The minimum Gasteiger partial charge on any atom is -0.478 e. The van der Waals surface area contributed by atoms with Gasteiger partial charge >= 0.3 is 0 Å². The standard InChI is InChI=1S/C16H24N2O2/c1-4-14-16(19)18(8-7-11(2)3)13-6-5-12(10-17)9-15(13)20-14/h5-6,9,11,14H,4,7-8,10,17H2,1-3H3. The molecule has 1 unspecified atom stereocenters. The maximum absolute atomic E-state index is 12.5. The molecule has 20 heavy (non-hydrogen) atoms. The monoisotopic (exact) mass is 276 g/mol. The van der Waals surface area contributed by atoms with E-state index in [2.05, 4.69) is 13.8 Å². The van der Waals surface area contributed by atoms with Gasteiger partial charge in [-0.2, -0.15) is 0 Å². The fraction of sp³-hybridized carbons (Fsp3) is 0.562. The predicted octanol–water partition coefficient (Wildman–Crippen LogP) is 2.70. The Hall–Kier alpha value is -1.55. The number of amides is 1. The van der Waals surface area contributed by atoms with Crippen molar-refractivity contribution in [2.45, 2.75) is 46.3 Å². The third-order valence-corrected chi connectivity index (χ3v) is 3.66. The smallest absolute Gasteiger partial charge is 0.268 e. The Labute approximate surface area is 120 Å². The van der Waals surface area contributed by atoms with E-state index >= 15 is 0 Å². The molecule has 0 saturated carbocycles. The SMILES string of the molecule is CCC1Oc2cc(CN)ccc2N(CCC(C)C)C1=O. The Kier molecular flexibility index (Phi) is 4.65. The minimum atomic E-state index is -0.373. The van der Waals surface area contributed by atoms with Crippen molar-refractivity contribution in [3.63, 3.8) is 0 Å². The second-order valence-electron chi connectivity index (χ2n) is 5.69. The van der Waals surface area contributed by atoms with Crippen molar-refractivity contribution in [2.24, 2.45) is 11.7 Å². The van der Waals surface area contributed by atoms with Crippen molar-refractivity contribution in [1.82, 2.24) is 0 Å². The topological polar surface area (TPSA) is 55.6 Å². The lowest BCUT2D eigenvalue weighted by Crippen LogP contribution is -2.46. The van der Waals surface area contributed by atoms with Crippen LogP contribution >= 0.6 is 0 Å². The fourth-order valence-corrected chi connectivity index (χ4v) is 2.37. The van der Waals surface area contributed by atoms with Gasteiger partial charge in [0.15, 0.2) is 6.10 Å². The Balaban J connectivity index is 2.32. The lowest BCUT2D eigenvalue weighted by atomic mass is 10.1. The van der Waals surface area contributed by atoms with E-state index in [-0.39, 0.29) is 12.0 Å². The van der Waals surface area contributed by atoms with E-state index in [9.17, 15) is 4.79 Å². The van der Waals surface area contributed by atoms with Gasteiger partial charge in [0, 0.05) is 13.1 Å². The van der Waals surface area contributed by atoms with Crippen LogP contribution in [0.5, 0.6) is 5.75 Å². The quantitative estimate of drug-likeness (QED) is 0.899. The molecule has 1 amide bonds. The number of ether oxygens (including phenoxy) is 1. The summed E-state index contributed by atoms with van der Waals surface area (Å²) in [6.45, 7) is 7.53. The summed E-state index contributed by atoms with van der Waals surface area (Å²) in [6, 6.07) is 5.86. The molecule has 0 bridgehead atoms. The Morgan fingerprint density at radius 1 is 1.40 bits per heavy atom. The molecule has 0 fully saturated rings. The molecule has 0 aliphatic carbocycles. The van der Waals surface area contributed by atoms with Crippen molar-refractivity contribution < 1.29 is 9.53 Å². The second-order valence-corrected chi connectivity index (χ2v) is 5.69. The highest BCUT2D eigenvalue weighted by molar-refractivity contribution is 6.00. The molecule has 4 nitrogen and oxygen atoms in total. The number of anilines is 1. The molecule has 4 heteroatoms. The first kappa shape index (κ1) is 14.9. The molecule has 0 radical (unpaired) electrons. The average Bonchev–Trinajstić information content (AvgIpc) is 2.44.